The average Bonchev–Trinajstić information content (AvgIpc) is 3.32. The first kappa shape index (κ1) is 16.0. The molecule has 6 heteroatoms. The van der Waals surface area contributed by atoms with E-state index < -0.39 is 0 Å². The Hall–Kier alpha value is -2.99. The fourth-order valence-electron chi connectivity index (χ4n) is 4.12. The van der Waals surface area contributed by atoms with E-state index in [0.717, 1.165) is 34.5 Å². The number of fused-ring (bicyclic) bond motifs is 6. The Balaban J connectivity index is 1.38. The first-order chi connectivity index (χ1) is 13.9. The Kier molecular flexibility index (Phi) is 3.59. The van der Waals surface area contributed by atoms with E-state index in [1.165, 1.54) is 34.1 Å². The predicted octanol–water partition coefficient (Wildman–Crippen LogP) is 4.95. The van der Waals surface area contributed by atoms with Gasteiger partial charge in [-0.1, -0.05) is 36.4 Å². The van der Waals surface area contributed by atoms with Crippen LogP contribution in [0.4, 0.5) is 0 Å². The van der Waals surface area contributed by atoms with Crippen molar-refractivity contribution < 1.29 is 4.74 Å². The van der Waals surface area contributed by atoms with Crippen molar-refractivity contribution in [1.82, 2.24) is 19.6 Å². The summed E-state index contributed by atoms with van der Waals surface area (Å²) < 4.78 is 7.88. The summed E-state index contributed by atoms with van der Waals surface area (Å²) in [6, 6.07) is 14.3. The highest BCUT2D eigenvalue weighted by Crippen LogP contribution is 2.37. The normalized spacial score (nSPS) is 14.0. The Labute approximate surface area is 165 Å². The van der Waals surface area contributed by atoms with Crippen molar-refractivity contribution in [3.8, 4) is 5.75 Å². The van der Waals surface area contributed by atoms with E-state index in [9.17, 15) is 0 Å². The van der Waals surface area contributed by atoms with Gasteiger partial charge in [0.2, 0.25) is 0 Å². The third kappa shape index (κ3) is 2.48. The summed E-state index contributed by atoms with van der Waals surface area (Å²) >= 11 is 1.81. The van der Waals surface area contributed by atoms with Gasteiger partial charge in [-0.2, -0.15) is 0 Å². The Bertz CT molecular complexity index is 1330. The van der Waals surface area contributed by atoms with E-state index in [1.807, 2.05) is 35.6 Å². The summed E-state index contributed by atoms with van der Waals surface area (Å²) in [7, 11) is 0. The third-order valence-electron chi connectivity index (χ3n) is 5.44. The topological polar surface area (TPSA) is 52.3 Å². The van der Waals surface area contributed by atoms with Crippen molar-refractivity contribution in [2.24, 2.45) is 0 Å². The predicted molar refractivity (Wildman–Crippen MR) is 111 cm³/mol. The smallest absolute Gasteiger partial charge is 0.189 e. The second-order valence-electron chi connectivity index (χ2n) is 7.20. The van der Waals surface area contributed by atoms with Crippen LogP contribution < -0.4 is 4.74 Å². The summed E-state index contributed by atoms with van der Waals surface area (Å²) in [5.41, 5.74) is 2.33. The lowest BCUT2D eigenvalue weighted by molar-refractivity contribution is 0.300. The van der Waals surface area contributed by atoms with Gasteiger partial charge in [0.1, 0.15) is 23.5 Å². The van der Waals surface area contributed by atoms with Crippen LogP contribution in [0.25, 0.3) is 26.6 Å². The number of hydrogen-bond acceptors (Lipinski definition) is 5. The van der Waals surface area contributed by atoms with Crippen LogP contribution in [0.2, 0.25) is 0 Å². The molecule has 0 bridgehead atoms. The zero-order valence-corrected chi connectivity index (χ0v) is 16.1. The second-order valence-corrected chi connectivity index (χ2v) is 8.28. The molecule has 0 saturated carbocycles. The molecule has 3 aromatic heterocycles. The van der Waals surface area contributed by atoms with E-state index in [0.29, 0.717) is 12.4 Å². The molecule has 0 aliphatic heterocycles. The van der Waals surface area contributed by atoms with E-state index >= 15 is 0 Å². The molecule has 0 atom stereocenters. The minimum absolute atomic E-state index is 0.337. The molecule has 5 nitrogen and oxygen atoms in total. The first-order valence-electron chi connectivity index (χ1n) is 9.62. The summed E-state index contributed by atoms with van der Waals surface area (Å²) in [4.78, 5) is 12.0. The Morgan fingerprint density at radius 3 is 2.93 bits per heavy atom. The molecule has 138 valence electrons. The molecule has 6 rings (SSSR count). The number of ether oxygens (including phenoxy) is 1. The monoisotopic (exact) mass is 386 g/mol. The van der Waals surface area contributed by atoms with E-state index in [4.69, 9.17) is 9.72 Å². The summed E-state index contributed by atoms with van der Waals surface area (Å²) in [5.74, 6) is 1.53. The number of aryl methyl sites for hydroxylation is 2. The highest BCUT2D eigenvalue weighted by molar-refractivity contribution is 7.19. The number of benzene rings is 2. The van der Waals surface area contributed by atoms with Gasteiger partial charge in [-0.15, -0.1) is 16.4 Å². The summed E-state index contributed by atoms with van der Waals surface area (Å²) in [6.07, 6.45) is 6.56. The zero-order chi connectivity index (χ0) is 18.5. The van der Waals surface area contributed by atoms with Crippen molar-refractivity contribution in [3.63, 3.8) is 0 Å². The Morgan fingerprint density at radius 2 is 1.93 bits per heavy atom. The van der Waals surface area contributed by atoms with Gasteiger partial charge < -0.3 is 4.74 Å². The van der Waals surface area contributed by atoms with Crippen LogP contribution in [-0.2, 0) is 19.4 Å². The number of rotatable bonds is 3. The molecule has 0 N–H and O–H groups in total. The molecule has 0 amide bonds. The molecular formula is C22H18N4OS. The van der Waals surface area contributed by atoms with Crippen LogP contribution >= 0.6 is 11.3 Å². The fraction of sp³-hybridized carbons (Fsp3) is 0.227. The number of thiophene rings is 1. The maximum Gasteiger partial charge on any atom is 0.189 e. The van der Waals surface area contributed by atoms with Gasteiger partial charge in [0.15, 0.2) is 11.5 Å². The highest BCUT2D eigenvalue weighted by Gasteiger charge is 2.20. The van der Waals surface area contributed by atoms with Gasteiger partial charge in [-0.3, -0.25) is 0 Å². The van der Waals surface area contributed by atoms with E-state index in [-0.39, 0.29) is 0 Å². The number of aromatic nitrogens is 4. The van der Waals surface area contributed by atoms with Gasteiger partial charge in [-0.05, 0) is 42.7 Å². The largest absolute Gasteiger partial charge is 0.485 e. The van der Waals surface area contributed by atoms with Gasteiger partial charge >= 0.3 is 0 Å². The van der Waals surface area contributed by atoms with Crippen LogP contribution in [0.5, 0.6) is 5.75 Å². The molecule has 1 aliphatic rings. The van der Waals surface area contributed by atoms with Crippen molar-refractivity contribution in [3.05, 3.63) is 65.1 Å². The van der Waals surface area contributed by atoms with Crippen LogP contribution in [-0.4, -0.2) is 19.6 Å². The highest BCUT2D eigenvalue weighted by atomic mass is 32.1. The quantitative estimate of drug-likeness (QED) is 0.440. The van der Waals surface area contributed by atoms with Gasteiger partial charge in [0.25, 0.3) is 0 Å². The molecule has 3 heterocycles. The maximum atomic E-state index is 6.08. The third-order valence-corrected chi connectivity index (χ3v) is 6.64. The standard InChI is InChI=1S/C22H18N4OS/c1-2-8-15-14(6-1)7-5-10-17(15)27-12-19-24-21-20-16-9-3-4-11-18(16)28-22(20)23-13-26(21)25-19/h1-2,5-8,10,13H,3-4,9,11-12H2. The molecule has 0 saturated heterocycles. The second kappa shape index (κ2) is 6.27. The average molecular weight is 386 g/mol. The van der Waals surface area contributed by atoms with Crippen LogP contribution in [0.1, 0.15) is 29.1 Å². The lowest BCUT2D eigenvalue weighted by Gasteiger charge is -2.09. The Morgan fingerprint density at radius 1 is 1.04 bits per heavy atom. The van der Waals surface area contributed by atoms with Crippen molar-refractivity contribution in [1.29, 1.82) is 0 Å². The zero-order valence-electron chi connectivity index (χ0n) is 15.3. The summed E-state index contributed by atoms with van der Waals surface area (Å²) in [5, 5.41) is 8.06. The molecule has 1 aliphatic carbocycles. The van der Waals surface area contributed by atoms with Gasteiger partial charge in [0.05, 0.1) is 5.39 Å². The first-order valence-corrected chi connectivity index (χ1v) is 10.4. The minimum atomic E-state index is 0.337. The minimum Gasteiger partial charge on any atom is -0.485 e. The number of nitrogens with zero attached hydrogens (tertiary/aromatic N) is 4. The molecule has 0 unspecified atom stereocenters. The van der Waals surface area contributed by atoms with Crippen LogP contribution in [0, 0.1) is 0 Å². The molecule has 28 heavy (non-hydrogen) atoms. The maximum absolute atomic E-state index is 6.08. The van der Waals surface area contributed by atoms with Crippen LogP contribution in [0.15, 0.2) is 48.8 Å². The molecule has 5 aromatic rings. The lowest BCUT2D eigenvalue weighted by atomic mass is 9.97. The van der Waals surface area contributed by atoms with Crippen molar-refractivity contribution >= 4 is 38.0 Å². The SMILES string of the molecule is c1ccc2c(OCc3nc4c5c6c(sc5ncn4n3)CCCC6)cccc2c1. The number of hydrogen-bond donors (Lipinski definition) is 0. The molecule has 0 spiro atoms. The van der Waals surface area contributed by atoms with Crippen molar-refractivity contribution in [2.75, 3.05) is 0 Å². The molecular weight excluding hydrogens is 368 g/mol. The van der Waals surface area contributed by atoms with E-state index in [1.54, 1.807) is 10.8 Å². The molecule has 0 radical (unpaired) electrons. The van der Waals surface area contributed by atoms with Crippen LogP contribution in [0.3, 0.4) is 0 Å². The molecule has 0 fully saturated rings. The summed E-state index contributed by atoms with van der Waals surface area (Å²) in [6.45, 7) is 0.337. The van der Waals surface area contributed by atoms with Crippen molar-refractivity contribution in [2.45, 2.75) is 32.3 Å². The lowest BCUT2D eigenvalue weighted by Crippen LogP contribution is -1.99. The van der Waals surface area contributed by atoms with E-state index in [2.05, 4.69) is 28.3 Å². The van der Waals surface area contributed by atoms with Gasteiger partial charge in [0, 0.05) is 10.3 Å². The fourth-order valence-corrected chi connectivity index (χ4v) is 5.35. The molecule has 2 aromatic carbocycles. The van der Waals surface area contributed by atoms with Gasteiger partial charge in [-0.25, -0.2) is 14.5 Å².